The molecule has 0 aromatic heterocycles. The van der Waals surface area contributed by atoms with Crippen LogP contribution >= 0.6 is 0 Å². The first-order valence-electron chi connectivity index (χ1n) is 2.99. The van der Waals surface area contributed by atoms with Crippen molar-refractivity contribution < 1.29 is 30.3 Å². The Balaban J connectivity index is 3.02. The number of rotatable bonds is 5. The van der Waals surface area contributed by atoms with Gasteiger partial charge in [0.15, 0.2) is 0 Å². The largest absolute Gasteiger partial charge is 0.219 e. The summed E-state index contributed by atoms with van der Waals surface area (Å²) >= 11 is 0. The van der Waals surface area contributed by atoms with Gasteiger partial charge in [-0.25, -0.2) is 10.1 Å². The topological polar surface area (TPSA) is 66.4 Å². The van der Waals surface area contributed by atoms with Crippen LogP contribution in [0.4, 0.5) is 0 Å². The standard InChI is InChI=1S/C5H12O6/c1-5(2,3)4-7-9-11-10-8-6/h6H,4H2,1-3H3. The molecule has 68 valence electrons. The SMILES string of the molecule is CC(C)(C)COOOOOO. The third kappa shape index (κ3) is 9.76. The van der Waals surface area contributed by atoms with Crippen molar-refractivity contribution in [2.24, 2.45) is 5.41 Å². The minimum absolute atomic E-state index is 0.0383. The second-order valence-corrected chi connectivity index (χ2v) is 3.10. The molecule has 0 aromatic carbocycles. The van der Waals surface area contributed by atoms with Crippen molar-refractivity contribution in [3.63, 3.8) is 0 Å². The van der Waals surface area contributed by atoms with Gasteiger partial charge in [-0.2, -0.15) is 0 Å². The smallest absolute Gasteiger partial charge is 0.0903 e. The van der Waals surface area contributed by atoms with Crippen molar-refractivity contribution in [2.45, 2.75) is 20.8 Å². The lowest BCUT2D eigenvalue weighted by atomic mass is 9.99. The molecule has 0 saturated heterocycles. The summed E-state index contributed by atoms with van der Waals surface area (Å²) < 4.78 is 0. The monoisotopic (exact) mass is 168 g/mol. The quantitative estimate of drug-likeness (QED) is 0.378. The molecule has 0 amide bonds. The van der Waals surface area contributed by atoms with E-state index in [0.29, 0.717) is 6.61 Å². The molecular formula is C5H12O6. The molecule has 0 fully saturated rings. The fraction of sp³-hybridized carbons (Fsp3) is 1.00. The zero-order valence-electron chi connectivity index (χ0n) is 6.70. The zero-order chi connectivity index (χ0) is 8.74. The fourth-order valence-electron chi connectivity index (χ4n) is 0.244. The van der Waals surface area contributed by atoms with Crippen LogP contribution in [0.25, 0.3) is 0 Å². The van der Waals surface area contributed by atoms with Crippen molar-refractivity contribution >= 4 is 0 Å². The van der Waals surface area contributed by atoms with E-state index in [4.69, 9.17) is 5.26 Å². The van der Waals surface area contributed by atoms with Crippen molar-refractivity contribution in [1.82, 2.24) is 0 Å². The summed E-state index contributed by atoms with van der Waals surface area (Å²) in [6.07, 6.45) is 0. The van der Waals surface area contributed by atoms with Crippen molar-refractivity contribution in [2.75, 3.05) is 6.61 Å². The summed E-state index contributed by atoms with van der Waals surface area (Å²) in [5.74, 6) is 0. The molecule has 0 radical (unpaired) electrons. The van der Waals surface area contributed by atoms with Gasteiger partial charge in [-0.1, -0.05) is 20.8 Å². The lowest BCUT2D eigenvalue weighted by Crippen LogP contribution is -2.14. The van der Waals surface area contributed by atoms with E-state index in [9.17, 15) is 0 Å². The molecular weight excluding hydrogens is 156 g/mol. The van der Waals surface area contributed by atoms with E-state index < -0.39 is 0 Å². The highest BCUT2D eigenvalue weighted by molar-refractivity contribution is 4.56. The van der Waals surface area contributed by atoms with Gasteiger partial charge in [-0.3, -0.25) is 0 Å². The highest BCUT2D eigenvalue weighted by Gasteiger charge is 2.10. The molecule has 1 N–H and O–H groups in total. The van der Waals surface area contributed by atoms with Gasteiger partial charge >= 0.3 is 0 Å². The second kappa shape index (κ2) is 5.42. The van der Waals surface area contributed by atoms with Crippen LogP contribution in [0.15, 0.2) is 0 Å². The van der Waals surface area contributed by atoms with Crippen molar-refractivity contribution in [1.29, 1.82) is 0 Å². The van der Waals surface area contributed by atoms with E-state index in [-0.39, 0.29) is 5.41 Å². The van der Waals surface area contributed by atoms with E-state index in [1.54, 1.807) is 0 Å². The maximum absolute atomic E-state index is 7.54. The predicted molar refractivity (Wildman–Crippen MR) is 32.4 cm³/mol. The summed E-state index contributed by atoms with van der Waals surface area (Å²) in [5, 5.41) is 21.7. The Kier molecular flexibility index (Phi) is 5.30. The Morgan fingerprint density at radius 3 is 2.18 bits per heavy atom. The first kappa shape index (κ1) is 10.8. The van der Waals surface area contributed by atoms with Crippen LogP contribution in [0.2, 0.25) is 0 Å². The van der Waals surface area contributed by atoms with E-state index in [0.717, 1.165) is 0 Å². The molecule has 0 aromatic rings. The van der Waals surface area contributed by atoms with Crippen LogP contribution in [0.1, 0.15) is 20.8 Å². The Morgan fingerprint density at radius 1 is 1.09 bits per heavy atom. The minimum Gasteiger partial charge on any atom is -0.219 e. The molecule has 6 nitrogen and oxygen atoms in total. The Bertz CT molecular complexity index is 87.5. The summed E-state index contributed by atoms with van der Waals surface area (Å²) in [5.41, 5.74) is -0.0383. The van der Waals surface area contributed by atoms with Gasteiger partial charge in [0.25, 0.3) is 0 Å². The van der Waals surface area contributed by atoms with Gasteiger partial charge in [0.05, 0.1) is 6.61 Å². The second-order valence-electron chi connectivity index (χ2n) is 3.10. The third-order valence-corrected chi connectivity index (χ3v) is 0.626. The summed E-state index contributed by atoms with van der Waals surface area (Å²) in [7, 11) is 0. The van der Waals surface area contributed by atoms with E-state index in [1.165, 1.54) is 0 Å². The van der Waals surface area contributed by atoms with E-state index >= 15 is 0 Å². The molecule has 11 heavy (non-hydrogen) atoms. The van der Waals surface area contributed by atoms with Crippen molar-refractivity contribution in [3.8, 4) is 0 Å². The predicted octanol–water partition coefficient (Wildman–Crippen LogP) is 1.25. The molecule has 0 heterocycles. The molecule has 0 unspecified atom stereocenters. The lowest BCUT2D eigenvalue weighted by molar-refractivity contribution is -0.753. The first-order valence-corrected chi connectivity index (χ1v) is 2.99. The van der Waals surface area contributed by atoms with Gasteiger partial charge < -0.3 is 0 Å². The average Bonchev–Trinajstić information content (AvgIpc) is 1.85. The van der Waals surface area contributed by atoms with Gasteiger partial charge in [-0.05, 0) is 25.6 Å². The Hall–Kier alpha value is -0.240. The molecule has 0 atom stereocenters. The Morgan fingerprint density at radius 2 is 1.73 bits per heavy atom. The molecule has 6 heteroatoms. The van der Waals surface area contributed by atoms with Gasteiger partial charge in [0.2, 0.25) is 0 Å². The van der Waals surface area contributed by atoms with E-state index in [1.807, 2.05) is 20.8 Å². The average molecular weight is 168 g/mol. The highest BCUT2D eigenvalue weighted by atomic mass is 17.8. The maximum Gasteiger partial charge on any atom is 0.0903 e. The molecule has 0 aliphatic rings. The first-order chi connectivity index (χ1) is 5.06. The van der Waals surface area contributed by atoms with Crippen LogP contribution in [0.3, 0.4) is 0 Å². The molecule has 0 aliphatic carbocycles. The lowest BCUT2D eigenvalue weighted by Gasteiger charge is -2.14. The van der Waals surface area contributed by atoms with Crippen LogP contribution < -0.4 is 0 Å². The van der Waals surface area contributed by atoms with Crippen LogP contribution in [0.5, 0.6) is 0 Å². The van der Waals surface area contributed by atoms with Gasteiger partial charge in [0, 0.05) is 0 Å². The number of hydrogen-bond donors (Lipinski definition) is 1. The van der Waals surface area contributed by atoms with Crippen LogP contribution in [-0.2, 0) is 25.0 Å². The highest BCUT2D eigenvalue weighted by Crippen LogP contribution is 2.12. The molecule has 0 rings (SSSR count). The normalized spacial score (nSPS) is 12.0. The third-order valence-electron chi connectivity index (χ3n) is 0.626. The van der Waals surface area contributed by atoms with Crippen LogP contribution in [-0.4, -0.2) is 11.9 Å². The number of hydrogen-bond acceptors (Lipinski definition) is 6. The summed E-state index contributed by atoms with van der Waals surface area (Å²) in [6.45, 7) is 6.15. The minimum atomic E-state index is -0.0383. The van der Waals surface area contributed by atoms with E-state index in [2.05, 4.69) is 25.0 Å². The van der Waals surface area contributed by atoms with Gasteiger partial charge in [-0.15, -0.1) is 0 Å². The molecule has 0 saturated carbocycles. The molecule has 0 aliphatic heterocycles. The maximum atomic E-state index is 7.54. The summed E-state index contributed by atoms with van der Waals surface area (Å²) in [6, 6.07) is 0. The molecule has 0 spiro atoms. The Labute approximate surface area is 64.2 Å². The fourth-order valence-corrected chi connectivity index (χ4v) is 0.244. The van der Waals surface area contributed by atoms with Gasteiger partial charge in [0.1, 0.15) is 0 Å². The zero-order valence-corrected chi connectivity index (χ0v) is 6.70. The molecule has 0 bridgehead atoms. The van der Waals surface area contributed by atoms with Crippen LogP contribution in [0, 0.1) is 5.41 Å². The summed E-state index contributed by atoms with van der Waals surface area (Å²) in [4.78, 5) is 4.46. The van der Waals surface area contributed by atoms with Crippen molar-refractivity contribution in [3.05, 3.63) is 0 Å².